The molecule has 94 valence electrons. The number of halogens is 1. The maximum atomic E-state index is 11.3. The van der Waals surface area contributed by atoms with Crippen LogP contribution in [0.2, 0.25) is 5.02 Å². The topological polar surface area (TPSA) is 74.6 Å². The second-order valence-corrected chi connectivity index (χ2v) is 5.38. The molecule has 0 aliphatic heterocycles. The van der Waals surface area contributed by atoms with Crippen molar-refractivity contribution in [2.45, 2.75) is 4.90 Å². The Labute approximate surface area is 109 Å². The Bertz CT molecular complexity index is 681. The standard InChI is InChI=1S/C12H9ClO4S/c13-9-6-7-10(14)12(18(15,16)17)11(9)8-4-2-1-3-5-8/h1-7,14H,(H,15,16,17). The molecule has 0 aliphatic carbocycles. The van der Waals surface area contributed by atoms with Crippen LogP contribution in [0.4, 0.5) is 0 Å². The van der Waals surface area contributed by atoms with Crippen LogP contribution in [-0.2, 0) is 10.1 Å². The predicted molar refractivity (Wildman–Crippen MR) is 68.4 cm³/mol. The number of aromatic hydroxyl groups is 1. The Hall–Kier alpha value is -1.56. The molecule has 0 radical (unpaired) electrons. The van der Waals surface area contributed by atoms with Crippen LogP contribution >= 0.6 is 11.6 Å². The molecule has 2 aromatic carbocycles. The van der Waals surface area contributed by atoms with E-state index in [9.17, 15) is 18.1 Å². The van der Waals surface area contributed by atoms with Crippen LogP contribution in [0.1, 0.15) is 0 Å². The van der Waals surface area contributed by atoms with Crippen molar-refractivity contribution >= 4 is 21.7 Å². The minimum absolute atomic E-state index is 0.0831. The van der Waals surface area contributed by atoms with E-state index in [1.165, 1.54) is 6.07 Å². The average molecular weight is 285 g/mol. The van der Waals surface area contributed by atoms with E-state index >= 15 is 0 Å². The second kappa shape index (κ2) is 4.61. The van der Waals surface area contributed by atoms with Gasteiger partial charge in [0.2, 0.25) is 0 Å². The molecule has 4 nitrogen and oxygen atoms in total. The zero-order chi connectivity index (χ0) is 13.3. The fourth-order valence-electron chi connectivity index (χ4n) is 1.68. The summed E-state index contributed by atoms with van der Waals surface area (Å²) < 4.78 is 31.9. The number of phenols is 1. The van der Waals surface area contributed by atoms with Crippen molar-refractivity contribution in [1.82, 2.24) is 0 Å². The number of rotatable bonds is 2. The molecule has 0 bridgehead atoms. The van der Waals surface area contributed by atoms with E-state index in [1.54, 1.807) is 30.3 Å². The quantitative estimate of drug-likeness (QED) is 0.832. The molecule has 0 saturated carbocycles. The second-order valence-electron chi connectivity index (χ2n) is 3.61. The van der Waals surface area contributed by atoms with E-state index in [1.807, 2.05) is 0 Å². The highest BCUT2D eigenvalue weighted by atomic mass is 35.5. The highest BCUT2D eigenvalue weighted by Gasteiger charge is 2.23. The maximum Gasteiger partial charge on any atom is 0.298 e. The van der Waals surface area contributed by atoms with Crippen LogP contribution < -0.4 is 0 Å². The first-order chi connectivity index (χ1) is 8.41. The van der Waals surface area contributed by atoms with E-state index in [2.05, 4.69) is 0 Å². The van der Waals surface area contributed by atoms with Gasteiger partial charge in [0.05, 0.1) is 5.02 Å². The Morgan fingerprint density at radius 1 is 1.00 bits per heavy atom. The van der Waals surface area contributed by atoms with Gasteiger partial charge in [0, 0.05) is 5.56 Å². The number of benzene rings is 2. The molecule has 2 N–H and O–H groups in total. The molecule has 0 atom stereocenters. The maximum absolute atomic E-state index is 11.3. The summed E-state index contributed by atoms with van der Waals surface area (Å²) in [6.45, 7) is 0. The van der Waals surface area contributed by atoms with Gasteiger partial charge in [-0.1, -0.05) is 41.9 Å². The van der Waals surface area contributed by atoms with Gasteiger partial charge in [-0.05, 0) is 17.7 Å². The first-order valence-electron chi connectivity index (χ1n) is 4.95. The molecule has 2 aromatic rings. The van der Waals surface area contributed by atoms with Gasteiger partial charge in [0.15, 0.2) is 0 Å². The lowest BCUT2D eigenvalue weighted by Gasteiger charge is -2.11. The lowest BCUT2D eigenvalue weighted by atomic mass is 10.1. The molecule has 0 spiro atoms. The molecule has 2 rings (SSSR count). The van der Waals surface area contributed by atoms with Gasteiger partial charge in [0.25, 0.3) is 10.1 Å². The first-order valence-corrected chi connectivity index (χ1v) is 6.77. The first kappa shape index (κ1) is 12.9. The molecule has 0 fully saturated rings. The largest absolute Gasteiger partial charge is 0.506 e. The summed E-state index contributed by atoms with van der Waals surface area (Å²) >= 11 is 5.96. The minimum Gasteiger partial charge on any atom is -0.506 e. The summed E-state index contributed by atoms with van der Waals surface area (Å²) in [6, 6.07) is 10.9. The summed E-state index contributed by atoms with van der Waals surface area (Å²) in [5, 5.41) is 9.75. The van der Waals surface area contributed by atoms with Gasteiger partial charge in [-0.3, -0.25) is 4.55 Å². The van der Waals surface area contributed by atoms with Crippen molar-refractivity contribution in [2.24, 2.45) is 0 Å². The Kier molecular flexibility index (Phi) is 3.30. The molecule has 0 aliphatic rings. The van der Waals surface area contributed by atoms with Gasteiger partial charge >= 0.3 is 0 Å². The minimum atomic E-state index is -4.57. The van der Waals surface area contributed by atoms with E-state index in [0.29, 0.717) is 5.56 Å². The third-order valence-corrected chi connectivity index (χ3v) is 3.65. The molecule has 0 heterocycles. The Morgan fingerprint density at radius 2 is 1.61 bits per heavy atom. The molecule has 18 heavy (non-hydrogen) atoms. The zero-order valence-corrected chi connectivity index (χ0v) is 10.6. The van der Waals surface area contributed by atoms with Crippen LogP contribution in [-0.4, -0.2) is 18.1 Å². The molecular formula is C12H9ClO4S. The monoisotopic (exact) mass is 284 g/mol. The summed E-state index contributed by atoms with van der Waals surface area (Å²) in [7, 11) is -4.57. The number of hydrogen-bond acceptors (Lipinski definition) is 3. The zero-order valence-electron chi connectivity index (χ0n) is 9.04. The van der Waals surface area contributed by atoms with Crippen molar-refractivity contribution in [3.63, 3.8) is 0 Å². The Balaban J connectivity index is 2.86. The smallest absolute Gasteiger partial charge is 0.298 e. The lowest BCUT2D eigenvalue weighted by molar-refractivity contribution is 0.444. The summed E-state index contributed by atoms with van der Waals surface area (Å²) in [5.41, 5.74) is 0.575. The van der Waals surface area contributed by atoms with Gasteiger partial charge in [-0.2, -0.15) is 8.42 Å². The van der Waals surface area contributed by atoms with Gasteiger partial charge < -0.3 is 5.11 Å². The van der Waals surface area contributed by atoms with Crippen molar-refractivity contribution in [2.75, 3.05) is 0 Å². The van der Waals surface area contributed by atoms with Crippen LogP contribution in [0.25, 0.3) is 11.1 Å². The SMILES string of the molecule is O=S(=O)(O)c1c(O)ccc(Cl)c1-c1ccccc1. The van der Waals surface area contributed by atoms with E-state index in [0.717, 1.165) is 6.07 Å². The molecular weight excluding hydrogens is 276 g/mol. The van der Waals surface area contributed by atoms with Crippen molar-refractivity contribution in [1.29, 1.82) is 0 Å². The number of hydrogen-bond donors (Lipinski definition) is 2. The fourth-order valence-corrected chi connectivity index (χ4v) is 2.82. The lowest BCUT2D eigenvalue weighted by Crippen LogP contribution is -2.02. The Morgan fingerprint density at radius 3 is 2.17 bits per heavy atom. The molecule has 6 heteroatoms. The predicted octanol–water partition coefficient (Wildman–Crippen LogP) is 2.96. The molecule has 0 aromatic heterocycles. The van der Waals surface area contributed by atoms with Gasteiger partial charge in [-0.25, -0.2) is 0 Å². The van der Waals surface area contributed by atoms with Gasteiger partial charge in [0.1, 0.15) is 10.6 Å². The molecule has 0 unspecified atom stereocenters. The van der Waals surface area contributed by atoms with Crippen LogP contribution in [0.5, 0.6) is 5.75 Å². The van der Waals surface area contributed by atoms with Gasteiger partial charge in [-0.15, -0.1) is 0 Å². The number of phenolic OH excluding ortho intramolecular Hbond substituents is 1. The van der Waals surface area contributed by atoms with E-state index in [4.69, 9.17) is 11.6 Å². The third kappa shape index (κ3) is 2.33. The van der Waals surface area contributed by atoms with Crippen LogP contribution in [0.3, 0.4) is 0 Å². The van der Waals surface area contributed by atoms with Crippen molar-refractivity contribution in [3.8, 4) is 16.9 Å². The van der Waals surface area contributed by atoms with E-state index < -0.39 is 20.8 Å². The summed E-state index contributed by atoms with van der Waals surface area (Å²) in [4.78, 5) is -0.582. The summed E-state index contributed by atoms with van der Waals surface area (Å²) in [5.74, 6) is -0.541. The van der Waals surface area contributed by atoms with Crippen LogP contribution in [0.15, 0.2) is 47.4 Å². The highest BCUT2D eigenvalue weighted by Crippen LogP contribution is 2.39. The van der Waals surface area contributed by atoms with Crippen molar-refractivity contribution < 1.29 is 18.1 Å². The van der Waals surface area contributed by atoms with Crippen LogP contribution in [0, 0.1) is 0 Å². The summed E-state index contributed by atoms with van der Waals surface area (Å²) in [6.07, 6.45) is 0. The fraction of sp³-hybridized carbons (Fsp3) is 0. The highest BCUT2D eigenvalue weighted by molar-refractivity contribution is 7.86. The normalized spacial score (nSPS) is 11.4. The molecule has 0 saturated heterocycles. The average Bonchev–Trinajstić information content (AvgIpc) is 2.31. The van der Waals surface area contributed by atoms with E-state index in [-0.39, 0.29) is 10.6 Å². The van der Waals surface area contributed by atoms with Crippen molar-refractivity contribution in [3.05, 3.63) is 47.5 Å². The molecule has 0 amide bonds. The third-order valence-electron chi connectivity index (χ3n) is 2.41.